The molecule has 1 saturated carbocycles. The Morgan fingerprint density at radius 1 is 1.30 bits per heavy atom. The summed E-state index contributed by atoms with van der Waals surface area (Å²) in [5, 5.41) is 11.2. The van der Waals surface area contributed by atoms with Crippen LogP contribution in [0.2, 0.25) is 0 Å². The molecule has 0 aliphatic heterocycles. The smallest absolute Gasteiger partial charge is 0.387 e. The van der Waals surface area contributed by atoms with E-state index in [4.69, 9.17) is 4.42 Å². The van der Waals surface area contributed by atoms with Gasteiger partial charge in [-0.2, -0.15) is 8.78 Å². The van der Waals surface area contributed by atoms with Crippen LogP contribution in [0, 0.1) is 5.92 Å². The molecule has 1 N–H and O–H groups in total. The minimum absolute atomic E-state index is 0.0491. The average molecular weight is 397 g/mol. The van der Waals surface area contributed by atoms with E-state index in [0.29, 0.717) is 11.5 Å². The lowest BCUT2D eigenvalue weighted by molar-refractivity contribution is -0.119. The second-order valence-electron chi connectivity index (χ2n) is 6.50. The molecule has 1 heterocycles. The van der Waals surface area contributed by atoms with Crippen molar-refractivity contribution in [2.24, 2.45) is 5.92 Å². The zero-order valence-corrected chi connectivity index (χ0v) is 15.7. The zero-order chi connectivity index (χ0) is 19.2. The summed E-state index contributed by atoms with van der Waals surface area (Å²) in [5.41, 5.74) is 0.580. The van der Waals surface area contributed by atoms with Crippen LogP contribution in [-0.4, -0.2) is 34.5 Å². The maximum atomic E-state index is 12.2. The zero-order valence-electron chi connectivity index (χ0n) is 14.9. The van der Waals surface area contributed by atoms with Crippen LogP contribution in [0.25, 0.3) is 11.5 Å². The summed E-state index contributed by atoms with van der Waals surface area (Å²) < 4.78 is 34.2. The molecule has 2 aromatic rings. The molecule has 0 unspecified atom stereocenters. The van der Waals surface area contributed by atoms with Gasteiger partial charge in [0.2, 0.25) is 11.8 Å². The normalized spacial score (nSPS) is 19.9. The molecule has 0 radical (unpaired) electrons. The molecule has 1 aromatic heterocycles. The number of carbonyl (C=O) groups is 1. The van der Waals surface area contributed by atoms with Crippen molar-refractivity contribution in [3.63, 3.8) is 0 Å². The molecule has 0 saturated heterocycles. The molecule has 0 bridgehead atoms. The maximum absolute atomic E-state index is 12.2. The molecule has 0 spiro atoms. The van der Waals surface area contributed by atoms with E-state index in [1.807, 2.05) is 0 Å². The Labute approximate surface area is 160 Å². The Morgan fingerprint density at radius 2 is 2.04 bits per heavy atom. The number of alkyl halides is 2. The van der Waals surface area contributed by atoms with E-state index >= 15 is 0 Å². The third kappa shape index (κ3) is 5.66. The van der Waals surface area contributed by atoms with Crippen molar-refractivity contribution in [3.8, 4) is 17.2 Å². The number of thioether (sulfide) groups is 1. The molecule has 1 aliphatic carbocycles. The van der Waals surface area contributed by atoms with Gasteiger partial charge < -0.3 is 14.5 Å². The van der Waals surface area contributed by atoms with E-state index in [1.165, 1.54) is 30.3 Å². The third-order valence-electron chi connectivity index (χ3n) is 4.52. The highest BCUT2D eigenvalue weighted by Gasteiger charge is 2.23. The quantitative estimate of drug-likeness (QED) is 0.708. The number of hydrogen-bond donors (Lipinski definition) is 1. The summed E-state index contributed by atoms with van der Waals surface area (Å²) in [7, 11) is 0. The molecule has 3 rings (SSSR count). The summed E-state index contributed by atoms with van der Waals surface area (Å²) in [6.07, 6.45) is 4.54. The van der Waals surface area contributed by atoms with Gasteiger partial charge in [0.1, 0.15) is 5.75 Å². The summed E-state index contributed by atoms with van der Waals surface area (Å²) in [5.74, 6) is 0.956. The number of benzene rings is 1. The standard InChI is InChI=1S/C18H21F2N3O3S/c1-11-4-2-3-5-14(11)21-15(24)10-27-18-23-22-16(26-18)12-6-8-13(9-7-12)25-17(19)20/h6-9,11,14,17H,2-5,10H2,1H3,(H,21,24)/t11-,14-/m0/s1. The minimum Gasteiger partial charge on any atom is -0.435 e. The Bertz CT molecular complexity index is 755. The summed E-state index contributed by atoms with van der Waals surface area (Å²) >= 11 is 1.17. The van der Waals surface area contributed by atoms with Gasteiger partial charge in [-0.15, -0.1) is 10.2 Å². The first kappa shape index (κ1) is 19.6. The second-order valence-corrected chi connectivity index (χ2v) is 7.43. The molecule has 1 amide bonds. The lowest BCUT2D eigenvalue weighted by Crippen LogP contribution is -2.41. The van der Waals surface area contributed by atoms with E-state index in [1.54, 1.807) is 12.1 Å². The van der Waals surface area contributed by atoms with Crippen LogP contribution in [0.3, 0.4) is 0 Å². The van der Waals surface area contributed by atoms with Crippen LogP contribution in [0.5, 0.6) is 5.75 Å². The number of ether oxygens (including phenoxy) is 1. The first-order valence-corrected chi connectivity index (χ1v) is 9.81. The van der Waals surface area contributed by atoms with Gasteiger partial charge in [0.25, 0.3) is 5.22 Å². The fourth-order valence-electron chi connectivity index (χ4n) is 3.07. The number of nitrogens with zero attached hydrogens (tertiary/aromatic N) is 2. The Kier molecular flexibility index (Phi) is 6.65. The van der Waals surface area contributed by atoms with Gasteiger partial charge in [0.15, 0.2) is 0 Å². The number of amides is 1. The Balaban J connectivity index is 1.51. The number of nitrogens with one attached hydrogen (secondary N) is 1. The van der Waals surface area contributed by atoms with Gasteiger partial charge in [0.05, 0.1) is 5.75 Å². The Morgan fingerprint density at radius 3 is 2.74 bits per heavy atom. The van der Waals surface area contributed by atoms with Gasteiger partial charge >= 0.3 is 6.61 Å². The van der Waals surface area contributed by atoms with Crippen molar-refractivity contribution in [2.45, 2.75) is 50.5 Å². The highest BCUT2D eigenvalue weighted by atomic mass is 32.2. The lowest BCUT2D eigenvalue weighted by atomic mass is 9.86. The topological polar surface area (TPSA) is 77.2 Å². The van der Waals surface area contributed by atoms with Gasteiger partial charge in [-0.05, 0) is 43.0 Å². The van der Waals surface area contributed by atoms with Crippen LogP contribution < -0.4 is 10.1 Å². The van der Waals surface area contributed by atoms with Gasteiger partial charge in [-0.1, -0.05) is 31.5 Å². The third-order valence-corrected chi connectivity index (χ3v) is 5.34. The lowest BCUT2D eigenvalue weighted by Gasteiger charge is -2.29. The maximum Gasteiger partial charge on any atom is 0.387 e. The largest absolute Gasteiger partial charge is 0.435 e. The van der Waals surface area contributed by atoms with Crippen LogP contribution >= 0.6 is 11.8 Å². The van der Waals surface area contributed by atoms with Crippen molar-refractivity contribution in [1.29, 1.82) is 0 Å². The molecule has 1 aliphatic rings. The van der Waals surface area contributed by atoms with Gasteiger partial charge in [-0.25, -0.2) is 0 Å². The molecule has 1 fully saturated rings. The first-order valence-electron chi connectivity index (χ1n) is 8.82. The molecule has 146 valence electrons. The number of hydrogen-bond acceptors (Lipinski definition) is 6. The van der Waals surface area contributed by atoms with E-state index in [-0.39, 0.29) is 34.6 Å². The van der Waals surface area contributed by atoms with Crippen molar-refractivity contribution >= 4 is 17.7 Å². The molecule has 1 aromatic carbocycles. The van der Waals surface area contributed by atoms with E-state index < -0.39 is 6.61 Å². The average Bonchev–Trinajstić information content (AvgIpc) is 3.11. The SMILES string of the molecule is C[C@H]1CCCC[C@@H]1NC(=O)CSc1nnc(-c2ccc(OC(F)F)cc2)o1. The predicted molar refractivity (Wildman–Crippen MR) is 96.7 cm³/mol. The van der Waals surface area contributed by atoms with Crippen molar-refractivity contribution in [2.75, 3.05) is 5.75 Å². The highest BCUT2D eigenvalue weighted by molar-refractivity contribution is 7.99. The predicted octanol–water partition coefficient (Wildman–Crippen LogP) is 4.13. The molecular formula is C18H21F2N3O3S. The van der Waals surface area contributed by atoms with Crippen LogP contribution in [0.1, 0.15) is 32.6 Å². The van der Waals surface area contributed by atoms with E-state index in [0.717, 1.165) is 19.3 Å². The van der Waals surface area contributed by atoms with Crippen molar-refractivity contribution < 1.29 is 22.7 Å². The molecule has 9 heteroatoms. The first-order chi connectivity index (χ1) is 13.0. The molecule has 27 heavy (non-hydrogen) atoms. The number of aromatic nitrogens is 2. The fourth-order valence-corrected chi connectivity index (χ4v) is 3.64. The highest BCUT2D eigenvalue weighted by Crippen LogP contribution is 2.26. The molecular weight excluding hydrogens is 376 g/mol. The Hall–Kier alpha value is -2.16. The van der Waals surface area contributed by atoms with Crippen molar-refractivity contribution in [3.05, 3.63) is 24.3 Å². The van der Waals surface area contributed by atoms with Crippen LogP contribution in [-0.2, 0) is 4.79 Å². The van der Waals surface area contributed by atoms with Crippen molar-refractivity contribution in [1.82, 2.24) is 15.5 Å². The number of carbonyl (C=O) groups excluding carboxylic acids is 1. The van der Waals surface area contributed by atoms with Gasteiger partial charge in [-0.3, -0.25) is 4.79 Å². The number of halogens is 2. The summed E-state index contributed by atoms with van der Waals surface area (Å²) in [4.78, 5) is 12.1. The number of rotatable bonds is 7. The summed E-state index contributed by atoms with van der Waals surface area (Å²) in [6, 6.07) is 6.14. The van der Waals surface area contributed by atoms with Crippen LogP contribution in [0.4, 0.5) is 8.78 Å². The summed E-state index contributed by atoms with van der Waals surface area (Å²) in [6.45, 7) is -0.705. The second kappa shape index (κ2) is 9.16. The molecule has 6 nitrogen and oxygen atoms in total. The van der Waals surface area contributed by atoms with Gasteiger partial charge in [0, 0.05) is 11.6 Å². The van der Waals surface area contributed by atoms with Crippen LogP contribution in [0.15, 0.2) is 33.9 Å². The monoisotopic (exact) mass is 397 g/mol. The van der Waals surface area contributed by atoms with E-state index in [9.17, 15) is 13.6 Å². The fraction of sp³-hybridized carbons (Fsp3) is 0.500. The molecule has 2 atom stereocenters. The van der Waals surface area contributed by atoms with E-state index in [2.05, 4.69) is 27.2 Å². The minimum atomic E-state index is -2.87.